The summed E-state index contributed by atoms with van der Waals surface area (Å²) in [7, 11) is 3.90. The summed E-state index contributed by atoms with van der Waals surface area (Å²) in [5.74, 6) is 0.0211. The number of carbonyl (C=O) groups excluding carboxylic acids is 1. The van der Waals surface area contributed by atoms with Crippen molar-refractivity contribution in [2.24, 2.45) is 4.99 Å². The van der Waals surface area contributed by atoms with Crippen LogP contribution in [0.5, 0.6) is 0 Å². The Kier molecular flexibility index (Phi) is 9.39. The largest absolute Gasteiger partial charge is 0.462 e. The number of likely N-dealkylation sites (N-methyl/N-ethyl adjacent to an activating group) is 1. The van der Waals surface area contributed by atoms with Crippen LogP contribution in [0, 0.1) is 12.7 Å². The molecule has 2 unspecified atom stereocenters. The summed E-state index contributed by atoms with van der Waals surface area (Å²) >= 11 is 1.32. The number of aliphatic imine (C=N–C) groups is 1. The molecule has 0 radical (unpaired) electrons. The summed E-state index contributed by atoms with van der Waals surface area (Å²) < 4.78 is 18.8. The lowest BCUT2D eigenvalue weighted by Gasteiger charge is -2.24. The molecule has 0 aliphatic rings. The number of ether oxygens (including phenoxy) is 1. The molecule has 1 heterocycles. The second-order valence-corrected chi connectivity index (χ2v) is 8.34. The summed E-state index contributed by atoms with van der Waals surface area (Å²) in [4.78, 5) is 23.9. The maximum absolute atomic E-state index is 13.7. The average Bonchev–Trinajstić information content (AvgIpc) is 3.10. The minimum Gasteiger partial charge on any atom is -0.462 e. The number of aryl methyl sites for hydroxylation is 1. The standard InChI is InChI=1S/C22H32FN5O2S/c1-7-24-22(25-13-18(28(5)6)16-10-9-11-17(23)12-16)27-15(4)20-26-14(3)19(31-20)21(29)30-8-2/h9-12,15,18H,7-8,13H2,1-6H3,(H2,24,25,27). The van der Waals surface area contributed by atoms with E-state index in [0.717, 1.165) is 10.6 Å². The zero-order valence-corrected chi connectivity index (χ0v) is 19.8. The van der Waals surface area contributed by atoms with Gasteiger partial charge in [0.25, 0.3) is 0 Å². The zero-order valence-electron chi connectivity index (χ0n) is 19.0. The van der Waals surface area contributed by atoms with Crippen LogP contribution in [-0.2, 0) is 4.74 Å². The molecule has 2 atom stereocenters. The van der Waals surface area contributed by atoms with Crippen molar-refractivity contribution < 1.29 is 13.9 Å². The van der Waals surface area contributed by atoms with Crippen molar-refractivity contribution >= 4 is 23.3 Å². The molecule has 0 aliphatic carbocycles. The van der Waals surface area contributed by atoms with Gasteiger partial charge in [0.05, 0.1) is 30.9 Å². The number of hydrogen-bond donors (Lipinski definition) is 2. The van der Waals surface area contributed by atoms with Crippen LogP contribution in [0.15, 0.2) is 29.3 Å². The van der Waals surface area contributed by atoms with Crippen molar-refractivity contribution in [1.29, 1.82) is 0 Å². The molecule has 2 N–H and O–H groups in total. The summed E-state index contributed by atoms with van der Waals surface area (Å²) in [6.45, 7) is 9.01. The molecule has 31 heavy (non-hydrogen) atoms. The summed E-state index contributed by atoms with van der Waals surface area (Å²) in [6, 6.07) is 6.37. The van der Waals surface area contributed by atoms with E-state index in [2.05, 4.69) is 15.6 Å². The van der Waals surface area contributed by atoms with E-state index in [0.29, 0.717) is 36.2 Å². The number of thiazole rings is 1. The quantitative estimate of drug-likeness (QED) is 0.345. The van der Waals surface area contributed by atoms with Gasteiger partial charge in [0.1, 0.15) is 15.7 Å². The molecule has 1 aromatic heterocycles. The number of nitrogens with one attached hydrogen (secondary N) is 2. The summed E-state index contributed by atoms with van der Waals surface area (Å²) in [5, 5.41) is 7.36. The number of hydrogen-bond acceptors (Lipinski definition) is 6. The lowest BCUT2D eigenvalue weighted by atomic mass is 10.1. The van der Waals surface area contributed by atoms with E-state index >= 15 is 0 Å². The first kappa shape index (κ1) is 24.7. The van der Waals surface area contributed by atoms with Gasteiger partial charge in [-0.3, -0.25) is 4.99 Å². The molecule has 1 aromatic carbocycles. The Morgan fingerprint density at radius 2 is 2.10 bits per heavy atom. The predicted octanol–water partition coefficient (Wildman–Crippen LogP) is 3.69. The van der Waals surface area contributed by atoms with Crippen molar-refractivity contribution in [2.45, 2.75) is 39.8 Å². The zero-order chi connectivity index (χ0) is 23.0. The fourth-order valence-electron chi connectivity index (χ4n) is 3.03. The average molecular weight is 450 g/mol. The van der Waals surface area contributed by atoms with Crippen molar-refractivity contribution in [1.82, 2.24) is 20.5 Å². The molecule has 7 nitrogen and oxygen atoms in total. The third-order valence-electron chi connectivity index (χ3n) is 4.62. The lowest BCUT2D eigenvalue weighted by molar-refractivity contribution is 0.0531. The van der Waals surface area contributed by atoms with E-state index < -0.39 is 0 Å². The second kappa shape index (κ2) is 11.8. The number of rotatable bonds is 9. The molecule has 0 spiro atoms. The fourth-order valence-corrected chi connectivity index (χ4v) is 4.00. The summed E-state index contributed by atoms with van der Waals surface area (Å²) in [5.41, 5.74) is 1.53. The molecule has 0 aliphatic heterocycles. The summed E-state index contributed by atoms with van der Waals surface area (Å²) in [6.07, 6.45) is 0. The van der Waals surface area contributed by atoms with Crippen LogP contribution in [0.1, 0.15) is 58.8 Å². The molecule has 0 bridgehead atoms. The molecule has 2 aromatic rings. The Balaban J connectivity index is 2.16. The van der Waals surface area contributed by atoms with Crippen LogP contribution in [0.3, 0.4) is 0 Å². The van der Waals surface area contributed by atoms with Gasteiger partial charge in [0.2, 0.25) is 0 Å². The van der Waals surface area contributed by atoms with E-state index in [1.54, 1.807) is 26.0 Å². The molecular weight excluding hydrogens is 417 g/mol. The first-order valence-electron chi connectivity index (χ1n) is 10.4. The van der Waals surface area contributed by atoms with E-state index in [4.69, 9.17) is 9.73 Å². The molecule has 0 saturated heterocycles. The minimum atomic E-state index is -0.347. The Labute approximate surface area is 187 Å². The van der Waals surface area contributed by atoms with Crippen LogP contribution < -0.4 is 10.6 Å². The SMILES string of the molecule is CCNC(=NCC(c1cccc(F)c1)N(C)C)NC(C)c1nc(C)c(C(=O)OCC)s1. The predicted molar refractivity (Wildman–Crippen MR) is 123 cm³/mol. The number of aromatic nitrogens is 1. The minimum absolute atomic E-state index is 0.0704. The fraction of sp³-hybridized carbons (Fsp3) is 0.500. The number of esters is 1. The maximum Gasteiger partial charge on any atom is 0.350 e. The monoisotopic (exact) mass is 449 g/mol. The van der Waals surface area contributed by atoms with Crippen LogP contribution in [0.4, 0.5) is 4.39 Å². The lowest BCUT2D eigenvalue weighted by Crippen LogP contribution is -2.39. The normalized spacial score (nSPS) is 13.7. The number of benzene rings is 1. The highest BCUT2D eigenvalue weighted by Crippen LogP contribution is 2.24. The van der Waals surface area contributed by atoms with Gasteiger partial charge in [-0.2, -0.15) is 0 Å². The Hall–Kier alpha value is -2.52. The van der Waals surface area contributed by atoms with Crippen LogP contribution in [0.2, 0.25) is 0 Å². The first-order chi connectivity index (χ1) is 14.8. The molecule has 0 amide bonds. The van der Waals surface area contributed by atoms with E-state index in [9.17, 15) is 9.18 Å². The molecule has 9 heteroatoms. The van der Waals surface area contributed by atoms with Crippen molar-refractivity contribution in [3.63, 3.8) is 0 Å². The molecule has 0 fully saturated rings. The van der Waals surface area contributed by atoms with Gasteiger partial charge >= 0.3 is 5.97 Å². The third-order valence-corrected chi connectivity index (χ3v) is 5.94. The van der Waals surface area contributed by atoms with Gasteiger partial charge in [-0.25, -0.2) is 14.2 Å². The van der Waals surface area contributed by atoms with Gasteiger partial charge in [-0.15, -0.1) is 11.3 Å². The van der Waals surface area contributed by atoms with Gasteiger partial charge in [0.15, 0.2) is 5.96 Å². The number of guanidine groups is 1. The highest BCUT2D eigenvalue weighted by Gasteiger charge is 2.20. The Morgan fingerprint density at radius 1 is 1.35 bits per heavy atom. The van der Waals surface area contributed by atoms with E-state index in [1.165, 1.54) is 17.4 Å². The van der Waals surface area contributed by atoms with Crippen molar-refractivity contribution in [2.75, 3.05) is 33.8 Å². The Bertz CT molecular complexity index is 900. The first-order valence-corrected chi connectivity index (χ1v) is 11.2. The smallest absolute Gasteiger partial charge is 0.350 e. The van der Waals surface area contributed by atoms with Crippen molar-refractivity contribution in [3.8, 4) is 0 Å². The molecular formula is C22H32FN5O2S. The van der Waals surface area contributed by atoms with Crippen LogP contribution in [0.25, 0.3) is 0 Å². The van der Waals surface area contributed by atoms with Crippen LogP contribution in [-0.4, -0.2) is 55.6 Å². The van der Waals surface area contributed by atoms with E-state index in [-0.39, 0.29) is 23.9 Å². The number of nitrogens with zero attached hydrogens (tertiary/aromatic N) is 3. The Morgan fingerprint density at radius 3 is 2.71 bits per heavy atom. The second-order valence-electron chi connectivity index (χ2n) is 7.31. The van der Waals surface area contributed by atoms with Gasteiger partial charge in [0, 0.05) is 6.54 Å². The molecule has 2 rings (SSSR count). The molecule has 170 valence electrons. The van der Waals surface area contributed by atoms with E-state index in [1.807, 2.05) is 38.9 Å². The van der Waals surface area contributed by atoms with Gasteiger partial charge < -0.3 is 20.3 Å². The van der Waals surface area contributed by atoms with Gasteiger partial charge in [-0.05, 0) is 59.5 Å². The number of halogens is 1. The van der Waals surface area contributed by atoms with Gasteiger partial charge in [-0.1, -0.05) is 12.1 Å². The van der Waals surface area contributed by atoms with Crippen molar-refractivity contribution in [3.05, 3.63) is 51.2 Å². The third kappa shape index (κ3) is 7.00. The highest BCUT2D eigenvalue weighted by molar-refractivity contribution is 7.13. The maximum atomic E-state index is 13.7. The number of carbonyl (C=O) groups is 1. The highest BCUT2D eigenvalue weighted by atomic mass is 32.1. The topological polar surface area (TPSA) is 78.9 Å². The molecule has 0 saturated carbocycles. The van der Waals surface area contributed by atoms with Crippen LogP contribution >= 0.6 is 11.3 Å².